The molecule has 1 spiro atoms. The van der Waals surface area contributed by atoms with Crippen LogP contribution in [0.15, 0.2) is 30.5 Å². The number of hydrogen-bond donors (Lipinski definition) is 1. The van der Waals surface area contributed by atoms with Gasteiger partial charge < -0.3 is 19.5 Å². The first-order valence-corrected chi connectivity index (χ1v) is 14.2. The highest BCUT2D eigenvalue weighted by molar-refractivity contribution is 6.00. The van der Waals surface area contributed by atoms with Crippen LogP contribution in [0.1, 0.15) is 72.3 Å². The highest BCUT2D eigenvalue weighted by Gasteiger charge is 2.53. The molecular formula is C30H46N4O3. The van der Waals surface area contributed by atoms with Gasteiger partial charge in [0, 0.05) is 37.9 Å². The van der Waals surface area contributed by atoms with Gasteiger partial charge in [0.25, 0.3) is 0 Å². The van der Waals surface area contributed by atoms with Crippen molar-refractivity contribution >= 4 is 22.7 Å². The van der Waals surface area contributed by atoms with E-state index in [4.69, 9.17) is 4.74 Å². The predicted molar refractivity (Wildman–Crippen MR) is 148 cm³/mol. The molecule has 0 radical (unpaired) electrons. The van der Waals surface area contributed by atoms with Gasteiger partial charge in [-0.15, -0.1) is 0 Å². The second-order valence-electron chi connectivity index (χ2n) is 11.9. The molecule has 0 aliphatic carbocycles. The number of piperazine rings is 1. The fourth-order valence-corrected chi connectivity index (χ4v) is 5.83. The summed E-state index contributed by atoms with van der Waals surface area (Å²) in [5.41, 5.74) is 1.76. The highest BCUT2D eigenvalue weighted by Crippen LogP contribution is 2.35. The van der Waals surface area contributed by atoms with Crippen LogP contribution < -0.4 is 5.32 Å². The molecule has 2 aromatic rings. The minimum atomic E-state index is -0.701. The van der Waals surface area contributed by atoms with Crippen molar-refractivity contribution < 1.29 is 14.3 Å². The molecule has 3 heterocycles. The molecule has 1 aromatic carbocycles. The Morgan fingerprint density at radius 3 is 2.51 bits per heavy atom. The van der Waals surface area contributed by atoms with Crippen LogP contribution in [0.2, 0.25) is 0 Å². The Morgan fingerprint density at radius 2 is 1.84 bits per heavy atom. The summed E-state index contributed by atoms with van der Waals surface area (Å²) >= 11 is 0. The number of amides is 2. The number of nitrogens with zero attached hydrogens (tertiary/aromatic N) is 3. The third-order valence-corrected chi connectivity index (χ3v) is 7.86. The van der Waals surface area contributed by atoms with E-state index in [0.29, 0.717) is 44.4 Å². The van der Waals surface area contributed by atoms with E-state index < -0.39 is 5.54 Å². The first kappa shape index (κ1) is 27.6. The van der Waals surface area contributed by atoms with Crippen LogP contribution in [-0.2, 0) is 27.6 Å². The first-order chi connectivity index (χ1) is 17.7. The van der Waals surface area contributed by atoms with Crippen molar-refractivity contribution in [1.29, 1.82) is 0 Å². The standard InChI is InChI=1S/C30H46N4O3/c1-6-7-13-34-28(35)26(17-22(2)3)31-29(36)30(34)11-15-32(16-12-30)19-24-8-9-27-25(18-24)10-14-33(27)21-37-20-23(4)5/h8-10,14,18,22-23,26H,6-7,11-13,15-17,19-21H2,1-5H3,(H,31,36)/t26-/m0/s1. The van der Waals surface area contributed by atoms with E-state index in [1.54, 1.807) is 0 Å². The van der Waals surface area contributed by atoms with Crippen molar-refractivity contribution in [1.82, 2.24) is 19.7 Å². The number of ether oxygens (including phenoxy) is 1. The van der Waals surface area contributed by atoms with Gasteiger partial charge in [0.05, 0.1) is 6.61 Å². The minimum absolute atomic E-state index is 0.0518. The van der Waals surface area contributed by atoms with Crippen molar-refractivity contribution in [2.45, 2.75) is 91.6 Å². The number of aromatic nitrogens is 1. The van der Waals surface area contributed by atoms with Gasteiger partial charge in [0.2, 0.25) is 11.8 Å². The van der Waals surface area contributed by atoms with Crippen LogP contribution in [0.4, 0.5) is 0 Å². The molecule has 4 rings (SSSR count). The maximum Gasteiger partial charge on any atom is 0.246 e. The van der Waals surface area contributed by atoms with E-state index in [2.05, 4.69) is 79.9 Å². The van der Waals surface area contributed by atoms with E-state index in [-0.39, 0.29) is 17.9 Å². The summed E-state index contributed by atoms with van der Waals surface area (Å²) in [6.07, 6.45) is 6.11. The number of nitrogens with one attached hydrogen (secondary N) is 1. The molecule has 2 aliphatic heterocycles. The Bertz CT molecular complexity index is 1070. The second kappa shape index (κ2) is 12.0. The zero-order chi connectivity index (χ0) is 26.6. The number of carbonyl (C=O) groups is 2. The predicted octanol–water partition coefficient (Wildman–Crippen LogP) is 4.78. The Balaban J connectivity index is 1.41. The average Bonchev–Trinajstić information content (AvgIpc) is 3.25. The number of fused-ring (bicyclic) bond motifs is 1. The lowest BCUT2D eigenvalue weighted by atomic mass is 9.80. The number of benzene rings is 1. The molecule has 2 fully saturated rings. The molecule has 7 nitrogen and oxygen atoms in total. The normalized spacial score (nSPS) is 20.5. The lowest BCUT2D eigenvalue weighted by molar-refractivity contribution is -0.161. The molecule has 1 atom stereocenters. The van der Waals surface area contributed by atoms with Crippen LogP contribution >= 0.6 is 0 Å². The number of hydrogen-bond acceptors (Lipinski definition) is 4. The number of piperidine rings is 1. The summed E-state index contributed by atoms with van der Waals surface area (Å²) in [5, 5.41) is 4.33. The van der Waals surface area contributed by atoms with Gasteiger partial charge >= 0.3 is 0 Å². The maximum atomic E-state index is 13.5. The molecule has 0 saturated carbocycles. The molecule has 2 aliphatic rings. The minimum Gasteiger partial charge on any atom is -0.361 e. The summed E-state index contributed by atoms with van der Waals surface area (Å²) in [6, 6.07) is 8.41. The Labute approximate surface area is 222 Å². The summed E-state index contributed by atoms with van der Waals surface area (Å²) in [4.78, 5) is 31.3. The highest BCUT2D eigenvalue weighted by atomic mass is 16.5. The van der Waals surface area contributed by atoms with Crippen LogP contribution in [-0.4, -0.2) is 64.0 Å². The third-order valence-electron chi connectivity index (χ3n) is 7.86. The smallest absolute Gasteiger partial charge is 0.246 e. The van der Waals surface area contributed by atoms with Crippen molar-refractivity contribution in [3.63, 3.8) is 0 Å². The van der Waals surface area contributed by atoms with Gasteiger partial charge in [-0.2, -0.15) is 0 Å². The van der Waals surface area contributed by atoms with Crippen LogP contribution in [0.5, 0.6) is 0 Å². The van der Waals surface area contributed by atoms with Gasteiger partial charge in [0.15, 0.2) is 0 Å². The van der Waals surface area contributed by atoms with Gasteiger partial charge in [-0.3, -0.25) is 14.5 Å². The molecule has 0 unspecified atom stereocenters. The number of likely N-dealkylation sites (tertiary alicyclic amines) is 1. The first-order valence-electron chi connectivity index (χ1n) is 14.2. The summed E-state index contributed by atoms with van der Waals surface area (Å²) in [6.45, 7) is 15.1. The van der Waals surface area contributed by atoms with Crippen LogP contribution in [0.25, 0.3) is 10.9 Å². The third kappa shape index (κ3) is 6.20. The largest absolute Gasteiger partial charge is 0.361 e. The Hall–Kier alpha value is -2.38. The van der Waals surface area contributed by atoms with Gasteiger partial charge in [0.1, 0.15) is 18.3 Å². The summed E-state index contributed by atoms with van der Waals surface area (Å²) in [5.74, 6) is 1.05. The van der Waals surface area contributed by atoms with Gasteiger partial charge in [-0.05, 0) is 66.7 Å². The van der Waals surface area contributed by atoms with Crippen molar-refractivity contribution in [2.75, 3.05) is 26.2 Å². The number of rotatable bonds is 11. The molecule has 0 bridgehead atoms. The second-order valence-corrected chi connectivity index (χ2v) is 11.9. The monoisotopic (exact) mass is 510 g/mol. The lowest BCUT2D eigenvalue weighted by Gasteiger charge is -2.52. The Kier molecular flexibility index (Phi) is 8.96. The van der Waals surface area contributed by atoms with Crippen LogP contribution in [0.3, 0.4) is 0 Å². The number of unbranched alkanes of at least 4 members (excludes halogenated alkanes) is 1. The molecule has 37 heavy (non-hydrogen) atoms. The van der Waals surface area contributed by atoms with Crippen molar-refractivity contribution in [2.24, 2.45) is 11.8 Å². The molecule has 1 N–H and O–H groups in total. The molecule has 2 amide bonds. The Morgan fingerprint density at radius 1 is 1.08 bits per heavy atom. The summed E-state index contributed by atoms with van der Waals surface area (Å²) < 4.78 is 7.98. The van der Waals surface area contributed by atoms with Crippen LogP contribution in [0, 0.1) is 11.8 Å². The molecule has 2 saturated heterocycles. The average molecular weight is 511 g/mol. The van der Waals surface area contributed by atoms with Crippen molar-refractivity contribution in [3.05, 3.63) is 36.0 Å². The molecular weight excluding hydrogens is 464 g/mol. The zero-order valence-corrected chi connectivity index (χ0v) is 23.5. The van der Waals surface area contributed by atoms with E-state index in [1.807, 2.05) is 4.90 Å². The van der Waals surface area contributed by atoms with Gasteiger partial charge in [-0.25, -0.2) is 0 Å². The van der Waals surface area contributed by atoms with E-state index in [0.717, 1.165) is 39.1 Å². The maximum absolute atomic E-state index is 13.5. The molecule has 1 aromatic heterocycles. The zero-order valence-electron chi connectivity index (χ0n) is 23.5. The molecule has 204 valence electrons. The fourth-order valence-electron chi connectivity index (χ4n) is 5.83. The lowest BCUT2D eigenvalue weighted by Crippen LogP contribution is -2.73. The van der Waals surface area contributed by atoms with Crippen molar-refractivity contribution in [3.8, 4) is 0 Å². The van der Waals surface area contributed by atoms with Gasteiger partial charge in [-0.1, -0.05) is 47.1 Å². The SMILES string of the molecule is CCCCN1C(=O)[C@H](CC(C)C)NC(=O)C12CCN(Cc1ccc3c(ccn3COCC(C)C)c1)CC2. The van der Waals surface area contributed by atoms with E-state index >= 15 is 0 Å². The number of carbonyl (C=O) groups excluding carboxylic acids is 2. The quantitative estimate of drug-likeness (QED) is 0.473. The van der Waals surface area contributed by atoms with E-state index in [1.165, 1.54) is 16.5 Å². The topological polar surface area (TPSA) is 66.8 Å². The fraction of sp³-hybridized carbons (Fsp3) is 0.667. The molecule has 7 heteroatoms. The van der Waals surface area contributed by atoms with E-state index in [9.17, 15) is 9.59 Å². The summed E-state index contributed by atoms with van der Waals surface area (Å²) in [7, 11) is 0.